The van der Waals surface area contributed by atoms with E-state index in [2.05, 4.69) is 26.1 Å². The van der Waals surface area contributed by atoms with E-state index in [0.717, 1.165) is 51.2 Å². The summed E-state index contributed by atoms with van der Waals surface area (Å²) in [5, 5.41) is 13.1. The van der Waals surface area contributed by atoms with Crippen molar-refractivity contribution in [2.24, 2.45) is 5.92 Å². The zero-order valence-corrected chi connectivity index (χ0v) is 12.4. The van der Waals surface area contributed by atoms with E-state index in [1.807, 2.05) is 0 Å². The Balaban J connectivity index is 2.29. The Hall–Kier alpha value is -0.120. The van der Waals surface area contributed by atoms with Crippen molar-refractivity contribution in [3.05, 3.63) is 0 Å². The molecule has 2 unspecified atom stereocenters. The molecular formula is C15H31NO2. The van der Waals surface area contributed by atoms with Gasteiger partial charge >= 0.3 is 0 Å². The standard InChI is InChI=1S/C15H31NO2/c1-4-16-15(12-17)9-5-8-14(11-15)18-10-6-7-13(2)3/h13-14,16-17H,4-12H2,1-3H3. The molecule has 1 rings (SSSR count). The van der Waals surface area contributed by atoms with Crippen molar-refractivity contribution in [1.29, 1.82) is 0 Å². The van der Waals surface area contributed by atoms with Crippen molar-refractivity contribution in [1.82, 2.24) is 5.32 Å². The van der Waals surface area contributed by atoms with Gasteiger partial charge in [-0.3, -0.25) is 0 Å². The molecule has 0 radical (unpaired) electrons. The molecule has 0 bridgehead atoms. The first-order valence-corrected chi connectivity index (χ1v) is 7.59. The van der Waals surface area contributed by atoms with Crippen LogP contribution in [0.5, 0.6) is 0 Å². The monoisotopic (exact) mass is 257 g/mol. The van der Waals surface area contributed by atoms with Crippen LogP contribution in [0.1, 0.15) is 59.3 Å². The van der Waals surface area contributed by atoms with E-state index < -0.39 is 0 Å². The van der Waals surface area contributed by atoms with Crippen LogP contribution in [0.4, 0.5) is 0 Å². The molecule has 1 aliphatic rings. The number of ether oxygens (including phenoxy) is 1. The molecule has 108 valence electrons. The summed E-state index contributed by atoms with van der Waals surface area (Å²) in [6.45, 7) is 8.62. The van der Waals surface area contributed by atoms with E-state index in [0.29, 0.717) is 6.10 Å². The number of likely N-dealkylation sites (N-methyl/N-ethyl adjacent to an activating group) is 1. The highest BCUT2D eigenvalue weighted by Gasteiger charge is 2.35. The lowest BCUT2D eigenvalue weighted by Crippen LogP contribution is -2.53. The predicted octanol–water partition coefficient (Wildman–Crippen LogP) is 2.72. The smallest absolute Gasteiger partial charge is 0.0614 e. The average Bonchev–Trinajstić information content (AvgIpc) is 2.35. The van der Waals surface area contributed by atoms with E-state index in [-0.39, 0.29) is 12.1 Å². The summed E-state index contributed by atoms with van der Waals surface area (Å²) in [5.74, 6) is 0.762. The normalized spacial score (nSPS) is 28.8. The maximum absolute atomic E-state index is 9.62. The first-order valence-electron chi connectivity index (χ1n) is 7.59. The Kier molecular flexibility index (Phi) is 7.20. The fourth-order valence-electron chi connectivity index (χ4n) is 2.93. The maximum atomic E-state index is 9.62. The number of aliphatic hydroxyl groups is 1. The van der Waals surface area contributed by atoms with Crippen LogP contribution >= 0.6 is 0 Å². The lowest BCUT2D eigenvalue weighted by molar-refractivity contribution is -0.0170. The molecule has 2 N–H and O–H groups in total. The second-order valence-corrected chi connectivity index (χ2v) is 6.09. The summed E-state index contributed by atoms with van der Waals surface area (Å²) in [5.41, 5.74) is -0.0876. The minimum Gasteiger partial charge on any atom is -0.394 e. The Morgan fingerprint density at radius 1 is 1.44 bits per heavy atom. The van der Waals surface area contributed by atoms with Crippen LogP contribution in [0.15, 0.2) is 0 Å². The van der Waals surface area contributed by atoms with E-state index in [4.69, 9.17) is 4.74 Å². The van der Waals surface area contributed by atoms with Gasteiger partial charge in [0, 0.05) is 12.1 Å². The van der Waals surface area contributed by atoms with Crippen molar-refractivity contribution < 1.29 is 9.84 Å². The average molecular weight is 257 g/mol. The van der Waals surface area contributed by atoms with Crippen LogP contribution in [-0.2, 0) is 4.74 Å². The van der Waals surface area contributed by atoms with Crippen LogP contribution in [0, 0.1) is 5.92 Å². The topological polar surface area (TPSA) is 41.5 Å². The van der Waals surface area contributed by atoms with Crippen molar-refractivity contribution in [3.63, 3.8) is 0 Å². The fourth-order valence-corrected chi connectivity index (χ4v) is 2.93. The largest absolute Gasteiger partial charge is 0.394 e. The molecule has 0 aromatic rings. The molecule has 0 aromatic carbocycles. The van der Waals surface area contributed by atoms with Gasteiger partial charge in [0.1, 0.15) is 0 Å². The molecule has 1 saturated carbocycles. The lowest BCUT2D eigenvalue weighted by Gasteiger charge is -2.40. The van der Waals surface area contributed by atoms with Crippen LogP contribution in [-0.4, -0.2) is 36.5 Å². The molecule has 18 heavy (non-hydrogen) atoms. The third kappa shape index (κ3) is 5.25. The molecular weight excluding hydrogens is 226 g/mol. The summed E-state index contributed by atoms with van der Waals surface area (Å²) in [4.78, 5) is 0. The molecule has 0 heterocycles. The van der Waals surface area contributed by atoms with E-state index in [1.54, 1.807) is 0 Å². The van der Waals surface area contributed by atoms with Gasteiger partial charge in [-0.15, -0.1) is 0 Å². The quantitative estimate of drug-likeness (QED) is 0.657. The zero-order valence-electron chi connectivity index (χ0n) is 12.4. The van der Waals surface area contributed by atoms with Crippen molar-refractivity contribution in [2.45, 2.75) is 70.9 Å². The lowest BCUT2D eigenvalue weighted by atomic mass is 9.80. The number of nitrogens with one attached hydrogen (secondary N) is 1. The highest BCUT2D eigenvalue weighted by Crippen LogP contribution is 2.30. The summed E-state index contributed by atoms with van der Waals surface area (Å²) >= 11 is 0. The van der Waals surface area contributed by atoms with Crippen LogP contribution in [0.25, 0.3) is 0 Å². The van der Waals surface area contributed by atoms with Gasteiger partial charge in [0.25, 0.3) is 0 Å². The zero-order chi connectivity index (χ0) is 13.4. The molecule has 3 nitrogen and oxygen atoms in total. The van der Waals surface area contributed by atoms with Crippen molar-refractivity contribution in [3.8, 4) is 0 Å². The fraction of sp³-hybridized carbons (Fsp3) is 1.00. The second-order valence-electron chi connectivity index (χ2n) is 6.09. The molecule has 3 heteroatoms. The number of hydrogen-bond donors (Lipinski definition) is 2. The number of hydrogen-bond acceptors (Lipinski definition) is 3. The highest BCUT2D eigenvalue weighted by atomic mass is 16.5. The first-order chi connectivity index (χ1) is 8.62. The van der Waals surface area contributed by atoms with Gasteiger partial charge in [0.2, 0.25) is 0 Å². The highest BCUT2D eigenvalue weighted by molar-refractivity contribution is 4.93. The van der Waals surface area contributed by atoms with Gasteiger partial charge in [-0.05, 0) is 51.0 Å². The molecule has 0 amide bonds. The number of aliphatic hydroxyl groups excluding tert-OH is 1. The Morgan fingerprint density at radius 2 is 2.22 bits per heavy atom. The van der Waals surface area contributed by atoms with Gasteiger partial charge in [0.05, 0.1) is 12.7 Å². The summed E-state index contributed by atoms with van der Waals surface area (Å²) < 4.78 is 5.99. The molecule has 1 fully saturated rings. The van der Waals surface area contributed by atoms with Gasteiger partial charge in [0.15, 0.2) is 0 Å². The van der Waals surface area contributed by atoms with Crippen LogP contribution in [0.2, 0.25) is 0 Å². The molecule has 0 aromatic heterocycles. The van der Waals surface area contributed by atoms with Crippen molar-refractivity contribution >= 4 is 0 Å². The Morgan fingerprint density at radius 3 is 2.83 bits per heavy atom. The van der Waals surface area contributed by atoms with Gasteiger partial charge in [-0.2, -0.15) is 0 Å². The minimum absolute atomic E-state index is 0.0876. The summed E-state index contributed by atoms with van der Waals surface area (Å²) in [6.07, 6.45) is 7.06. The van der Waals surface area contributed by atoms with E-state index >= 15 is 0 Å². The minimum atomic E-state index is -0.0876. The Labute approximate surface area is 112 Å². The van der Waals surface area contributed by atoms with Crippen LogP contribution in [0.3, 0.4) is 0 Å². The maximum Gasteiger partial charge on any atom is 0.0614 e. The molecule has 0 spiro atoms. The van der Waals surface area contributed by atoms with Gasteiger partial charge in [-0.25, -0.2) is 0 Å². The second kappa shape index (κ2) is 8.13. The third-order valence-corrected chi connectivity index (χ3v) is 3.93. The third-order valence-electron chi connectivity index (χ3n) is 3.93. The van der Waals surface area contributed by atoms with Crippen molar-refractivity contribution in [2.75, 3.05) is 19.8 Å². The van der Waals surface area contributed by atoms with E-state index in [1.165, 1.54) is 6.42 Å². The van der Waals surface area contributed by atoms with E-state index in [9.17, 15) is 5.11 Å². The van der Waals surface area contributed by atoms with Gasteiger partial charge in [-0.1, -0.05) is 20.8 Å². The molecule has 0 aliphatic heterocycles. The van der Waals surface area contributed by atoms with Gasteiger partial charge < -0.3 is 15.2 Å². The summed E-state index contributed by atoms with van der Waals surface area (Å²) in [6, 6.07) is 0. The van der Waals surface area contributed by atoms with Crippen LogP contribution < -0.4 is 5.32 Å². The molecule has 2 atom stereocenters. The predicted molar refractivity (Wildman–Crippen MR) is 75.8 cm³/mol. The SMILES string of the molecule is CCNC1(CO)CCCC(OCCCC(C)C)C1. The molecule has 1 aliphatic carbocycles. The first kappa shape index (κ1) is 15.9. The number of rotatable bonds is 8. The summed E-state index contributed by atoms with van der Waals surface area (Å²) in [7, 11) is 0. The Bertz CT molecular complexity index is 217. The molecule has 0 saturated heterocycles.